The van der Waals surface area contributed by atoms with Gasteiger partial charge in [0.25, 0.3) is 5.91 Å². The Morgan fingerprint density at radius 2 is 1.81 bits per heavy atom. The first-order chi connectivity index (χ1) is 15.0. The number of nitrogens with one attached hydrogen (secondary N) is 1. The summed E-state index contributed by atoms with van der Waals surface area (Å²) in [7, 11) is 0. The second-order valence-corrected chi connectivity index (χ2v) is 10.1. The fourth-order valence-corrected chi connectivity index (χ4v) is 5.54. The molecule has 2 aromatic carbocycles. The monoisotopic (exact) mass is 414 g/mol. The highest BCUT2D eigenvalue weighted by Gasteiger charge is 2.38. The van der Waals surface area contributed by atoms with Crippen LogP contribution in [0.1, 0.15) is 85.0 Å². The molecular weight excluding hydrogens is 380 g/mol. The first-order valence-electron chi connectivity index (χ1n) is 12.0. The molecule has 2 aliphatic heterocycles. The molecule has 1 fully saturated rings. The molecule has 3 aliphatic rings. The van der Waals surface area contributed by atoms with Gasteiger partial charge in [0.05, 0.1) is 6.04 Å². The van der Waals surface area contributed by atoms with Gasteiger partial charge in [0.15, 0.2) is 0 Å². The molecule has 0 spiro atoms. The predicted molar refractivity (Wildman–Crippen MR) is 128 cm³/mol. The second kappa shape index (κ2) is 8.18. The quantitative estimate of drug-likeness (QED) is 0.581. The Bertz CT molecular complexity index is 983. The van der Waals surface area contributed by atoms with Crippen molar-refractivity contribution in [3.05, 3.63) is 76.9 Å². The largest absolute Gasteiger partial charge is 0.378 e. The van der Waals surface area contributed by atoms with E-state index in [-0.39, 0.29) is 5.91 Å². The Hall–Kier alpha value is -2.55. The van der Waals surface area contributed by atoms with Crippen LogP contribution in [-0.4, -0.2) is 23.9 Å². The molecule has 1 N–H and O–H groups in total. The van der Waals surface area contributed by atoms with Crippen molar-refractivity contribution in [2.24, 2.45) is 11.8 Å². The number of nitrogens with zero attached hydrogens (tertiary/aromatic N) is 1. The first-order valence-corrected chi connectivity index (χ1v) is 12.0. The molecule has 1 aliphatic carbocycles. The molecule has 3 nitrogen and oxygen atoms in total. The van der Waals surface area contributed by atoms with E-state index >= 15 is 0 Å². The highest BCUT2D eigenvalue weighted by Crippen LogP contribution is 2.50. The number of rotatable bonds is 3. The van der Waals surface area contributed by atoms with Crippen molar-refractivity contribution in [1.29, 1.82) is 0 Å². The van der Waals surface area contributed by atoms with Crippen LogP contribution in [0.3, 0.4) is 0 Å². The minimum atomic E-state index is 0.194. The van der Waals surface area contributed by atoms with Gasteiger partial charge < -0.3 is 10.2 Å². The van der Waals surface area contributed by atoms with Crippen molar-refractivity contribution in [2.75, 3.05) is 18.4 Å². The summed E-state index contributed by atoms with van der Waals surface area (Å²) in [5.74, 6) is 2.35. The molecule has 31 heavy (non-hydrogen) atoms. The van der Waals surface area contributed by atoms with Gasteiger partial charge in [0, 0.05) is 30.3 Å². The minimum Gasteiger partial charge on any atom is -0.378 e. The van der Waals surface area contributed by atoms with Crippen molar-refractivity contribution in [1.82, 2.24) is 4.90 Å². The minimum absolute atomic E-state index is 0.194. The summed E-state index contributed by atoms with van der Waals surface area (Å²) in [6, 6.07) is 15.8. The van der Waals surface area contributed by atoms with E-state index in [1.807, 2.05) is 11.0 Å². The normalized spacial score (nSPS) is 25.3. The summed E-state index contributed by atoms with van der Waals surface area (Å²) < 4.78 is 0. The molecule has 5 rings (SSSR count). The summed E-state index contributed by atoms with van der Waals surface area (Å²) in [6.07, 6.45) is 7.99. The van der Waals surface area contributed by atoms with Crippen LogP contribution < -0.4 is 5.32 Å². The third kappa shape index (κ3) is 3.79. The molecular formula is C28H34N2O. The fourth-order valence-electron chi connectivity index (χ4n) is 5.54. The summed E-state index contributed by atoms with van der Waals surface area (Å²) in [4.78, 5) is 15.2. The van der Waals surface area contributed by atoms with Gasteiger partial charge in [-0.1, -0.05) is 57.2 Å². The van der Waals surface area contributed by atoms with Gasteiger partial charge in [-0.25, -0.2) is 0 Å². The molecule has 2 aromatic rings. The molecule has 0 bridgehead atoms. The Morgan fingerprint density at radius 3 is 2.52 bits per heavy atom. The number of benzene rings is 2. The van der Waals surface area contributed by atoms with Gasteiger partial charge in [-0.2, -0.15) is 0 Å². The predicted octanol–water partition coefficient (Wildman–Crippen LogP) is 6.51. The number of hydrogen-bond donors (Lipinski definition) is 1. The van der Waals surface area contributed by atoms with Gasteiger partial charge in [-0.3, -0.25) is 4.79 Å². The highest BCUT2D eigenvalue weighted by molar-refractivity contribution is 5.95. The maximum atomic E-state index is 13.1. The van der Waals surface area contributed by atoms with Crippen molar-refractivity contribution in [3.63, 3.8) is 0 Å². The lowest BCUT2D eigenvalue weighted by Gasteiger charge is -2.38. The molecule has 3 heteroatoms. The average Bonchev–Trinajstić information content (AvgIpc) is 3.29. The van der Waals surface area contributed by atoms with Crippen molar-refractivity contribution >= 4 is 11.6 Å². The van der Waals surface area contributed by atoms with Crippen LogP contribution in [0.15, 0.2) is 54.6 Å². The average molecular weight is 415 g/mol. The standard InChI is InChI=1S/C28H34N2O/c1-18(2)20-7-9-21(10-8-20)27-24-6-4-5-23(24)25-17-22(11-12-26(25)29-27)28(31)30-15-13-19(3)14-16-30/h4-5,7-12,17-19,23-24,27,29H,6,13-16H2,1-3H3. The lowest BCUT2D eigenvalue weighted by atomic mass is 9.76. The number of carbonyl (C=O) groups excluding carboxylic acids is 1. The zero-order valence-electron chi connectivity index (χ0n) is 19.0. The van der Waals surface area contributed by atoms with Crippen molar-refractivity contribution in [3.8, 4) is 0 Å². The highest BCUT2D eigenvalue weighted by atomic mass is 16.2. The summed E-state index contributed by atoms with van der Waals surface area (Å²) >= 11 is 0. The number of amides is 1. The van der Waals surface area contributed by atoms with Gasteiger partial charge in [0.1, 0.15) is 0 Å². The van der Waals surface area contributed by atoms with Gasteiger partial charge in [-0.15, -0.1) is 0 Å². The number of piperidine rings is 1. The number of hydrogen-bond acceptors (Lipinski definition) is 2. The van der Waals surface area contributed by atoms with Crippen LogP contribution in [0.2, 0.25) is 0 Å². The Labute approximate surface area is 186 Å². The maximum absolute atomic E-state index is 13.1. The Kier molecular flexibility index (Phi) is 5.37. The third-order valence-corrected chi connectivity index (χ3v) is 7.64. The van der Waals surface area contributed by atoms with E-state index in [0.717, 1.165) is 43.8 Å². The molecule has 162 valence electrons. The van der Waals surface area contributed by atoms with Crippen LogP contribution in [-0.2, 0) is 0 Å². The van der Waals surface area contributed by atoms with Crippen LogP contribution >= 0.6 is 0 Å². The number of carbonyl (C=O) groups is 1. The summed E-state index contributed by atoms with van der Waals surface area (Å²) in [5, 5.41) is 3.82. The number of fused-ring (bicyclic) bond motifs is 3. The number of allylic oxidation sites excluding steroid dienone is 2. The number of likely N-dealkylation sites (tertiary alicyclic amines) is 1. The van der Waals surface area contributed by atoms with Crippen LogP contribution in [0, 0.1) is 11.8 Å². The topological polar surface area (TPSA) is 32.3 Å². The zero-order valence-corrected chi connectivity index (χ0v) is 19.0. The molecule has 3 unspecified atom stereocenters. The molecule has 0 aromatic heterocycles. The summed E-state index contributed by atoms with van der Waals surface area (Å²) in [6.45, 7) is 8.53. The van der Waals surface area contributed by atoms with E-state index in [9.17, 15) is 4.79 Å². The lowest BCUT2D eigenvalue weighted by molar-refractivity contribution is 0.0697. The molecule has 2 heterocycles. The van der Waals surface area contributed by atoms with E-state index in [0.29, 0.717) is 23.8 Å². The molecule has 1 saturated heterocycles. The van der Waals surface area contributed by atoms with Gasteiger partial charge in [0.2, 0.25) is 0 Å². The van der Waals surface area contributed by atoms with Gasteiger partial charge >= 0.3 is 0 Å². The molecule has 0 radical (unpaired) electrons. The van der Waals surface area contributed by atoms with Crippen LogP contribution in [0.5, 0.6) is 0 Å². The smallest absolute Gasteiger partial charge is 0.253 e. The number of anilines is 1. The fraction of sp³-hybridized carbons (Fsp3) is 0.464. The van der Waals surface area contributed by atoms with Crippen LogP contribution in [0.25, 0.3) is 0 Å². The van der Waals surface area contributed by atoms with Gasteiger partial charge in [-0.05, 0) is 71.9 Å². The summed E-state index contributed by atoms with van der Waals surface area (Å²) in [5.41, 5.74) is 6.04. The first kappa shape index (κ1) is 20.4. The van der Waals surface area contributed by atoms with Crippen LogP contribution in [0.4, 0.5) is 5.69 Å². The Morgan fingerprint density at radius 1 is 1.06 bits per heavy atom. The van der Waals surface area contributed by atoms with Crippen molar-refractivity contribution < 1.29 is 4.79 Å². The zero-order chi connectivity index (χ0) is 21.5. The van der Waals surface area contributed by atoms with E-state index in [1.165, 1.54) is 22.4 Å². The van der Waals surface area contributed by atoms with E-state index in [4.69, 9.17) is 0 Å². The van der Waals surface area contributed by atoms with Crippen molar-refractivity contribution in [2.45, 2.75) is 57.9 Å². The molecule has 3 atom stereocenters. The second-order valence-electron chi connectivity index (χ2n) is 10.1. The lowest BCUT2D eigenvalue weighted by Crippen LogP contribution is -2.38. The third-order valence-electron chi connectivity index (χ3n) is 7.64. The van der Waals surface area contributed by atoms with E-state index in [2.05, 4.69) is 74.6 Å². The van der Waals surface area contributed by atoms with E-state index in [1.54, 1.807) is 0 Å². The molecule has 1 amide bonds. The SMILES string of the molecule is CC1CCN(C(=O)c2ccc3c(c2)C2C=CCC2C(c2ccc(C(C)C)cc2)N3)CC1. The Balaban J connectivity index is 1.42. The van der Waals surface area contributed by atoms with E-state index < -0.39 is 0 Å². The molecule has 0 saturated carbocycles. The maximum Gasteiger partial charge on any atom is 0.253 e.